The SMILES string of the molecule is CCc1c(O)n(C(C)CCN(C)C)c(=O)[nH]c1=O. The Morgan fingerprint density at radius 2 is 2.00 bits per heavy atom. The molecule has 0 spiro atoms. The lowest BCUT2D eigenvalue weighted by Gasteiger charge is -2.19. The Balaban J connectivity index is 3.16. The summed E-state index contributed by atoms with van der Waals surface area (Å²) in [5.74, 6) is -0.211. The van der Waals surface area contributed by atoms with Crippen molar-refractivity contribution in [2.45, 2.75) is 32.7 Å². The van der Waals surface area contributed by atoms with Gasteiger partial charge in [-0.2, -0.15) is 0 Å². The maximum atomic E-state index is 11.7. The number of aromatic nitrogens is 2. The van der Waals surface area contributed by atoms with E-state index in [-0.39, 0.29) is 17.5 Å². The van der Waals surface area contributed by atoms with Crippen molar-refractivity contribution in [1.29, 1.82) is 0 Å². The minimum Gasteiger partial charge on any atom is -0.494 e. The number of aromatic hydroxyl groups is 1. The Kier molecular flexibility index (Phi) is 4.72. The van der Waals surface area contributed by atoms with E-state index in [2.05, 4.69) is 4.98 Å². The highest BCUT2D eigenvalue weighted by molar-refractivity contribution is 5.22. The predicted molar refractivity (Wildman–Crippen MR) is 70.2 cm³/mol. The Hall–Kier alpha value is -1.56. The number of hydrogen-bond acceptors (Lipinski definition) is 4. The van der Waals surface area contributed by atoms with Crippen molar-refractivity contribution in [3.63, 3.8) is 0 Å². The second-order valence-corrected chi connectivity index (χ2v) is 4.73. The zero-order chi connectivity index (χ0) is 13.9. The fraction of sp³-hybridized carbons (Fsp3) is 0.667. The quantitative estimate of drug-likeness (QED) is 0.794. The first-order chi connectivity index (χ1) is 8.38. The first-order valence-corrected chi connectivity index (χ1v) is 6.09. The van der Waals surface area contributed by atoms with Gasteiger partial charge in [-0.15, -0.1) is 0 Å². The summed E-state index contributed by atoms with van der Waals surface area (Å²) in [7, 11) is 3.89. The fourth-order valence-corrected chi connectivity index (χ4v) is 1.88. The summed E-state index contributed by atoms with van der Waals surface area (Å²) < 4.78 is 1.25. The van der Waals surface area contributed by atoms with Gasteiger partial charge in [-0.3, -0.25) is 14.3 Å². The van der Waals surface area contributed by atoms with Gasteiger partial charge in [0.1, 0.15) is 0 Å². The van der Waals surface area contributed by atoms with Crippen LogP contribution in [0.5, 0.6) is 5.88 Å². The van der Waals surface area contributed by atoms with E-state index in [0.717, 1.165) is 13.0 Å². The summed E-state index contributed by atoms with van der Waals surface area (Å²) in [6.45, 7) is 4.42. The molecule has 0 saturated carbocycles. The molecule has 6 nitrogen and oxygen atoms in total. The van der Waals surface area contributed by atoms with Gasteiger partial charge in [-0.05, 0) is 40.4 Å². The van der Waals surface area contributed by atoms with Crippen LogP contribution in [0.4, 0.5) is 0 Å². The van der Waals surface area contributed by atoms with Crippen molar-refractivity contribution in [3.05, 3.63) is 26.4 Å². The maximum Gasteiger partial charge on any atom is 0.331 e. The monoisotopic (exact) mass is 255 g/mol. The molecule has 0 aliphatic rings. The molecule has 6 heteroatoms. The summed E-state index contributed by atoms with van der Waals surface area (Å²) in [6, 6.07) is -0.165. The lowest BCUT2D eigenvalue weighted by Crippen LogP contribution is -2.34. The van der Waals surface area contributed by atoms with Gasteiger partial charge < -0.3 is 10.0 Å². The van der Waals surface area contributed by atoms with Crippen LogP contribution in [0.2, 0.25) is 0 Å². The molecule has 2 N–H and O–H groups in total. The van der Waals surface area contributed by atoms with Crippen molar-refractivity contribution >= 4 is 0 Å². The van der Waals surface area contributed by atoms with E-state index in [1.807, 2.05) is 25.9 Å². The van der Waals surface area contributed by atoms with E-state index in [1.165, 1.54) is 4.57 Å². The second-order valence-electron chi connectivity index (χ2n) is 4.73. The molecule has 18 heavy (non-hydrogen) atoms. The standard InChI is InChI=1S/C12H21N3O3/c1-5-9-10(16)13-12(18)15(11(9)17)8(2)6-7-14(3)4/h8,17H,5-7H2,1-4H3,(H,13,16,18). The van der Waals surface area contributed by atoms with E-state index in [0.29, 0.717) is 6.42 Å². The van der Waals surface area contributed by atoms with Crippen LogP contribution in [0.25, 0.3) is 0 Å². The number of rotatable bonds is 5. The van der Waals surface area contributed by atoms with Crippen LogP contribution in [0.1, 0.15) is 31.9 Å². The van der Waals surface area contributed by atoms with Crippen LogP contribution in [-0.4, -0.2) is 40.2 Å². The summed E-state index contributed by atoms with van der Waals surface area (Å²) in [4.78, 5) is 27.5. The van der Waals surface area contributed by atoms with Crippen LogP contribution in [0.15, 0.2) is 9.59 Å². The van der Waals surface area contributed by atoms with Gasteiger partial charge in [0.25, 0.3) is 5.56 Å². The van der Waals surface area contributed by atoms with Gasteiger partial charge >= 0.3 is 5.69 Å². The van der Waals surface area contributed by atoms with Crippen LogP contribution in [-0.2, 0) is 6.42 Å². The Labute approximate surface area is 106 Å². The van der Waals surface area contributed by atoms with Gasteiger partial charge in [-0.25, -0.2) is 4.79 Å². The summed E-state index contributed by atoms with van der Waals surface area (Å²) in [5, 5.41) is 10.0. The van der Waals surface area contributed by atoms with Gasteiger partial charge in [0, 0.05) is 6.04 Å². The molecule has 0 saturated heterocycles. The third kappa shape index (κ3) is 3.01. The van der Waals surface area contributed by atoms with Gasteiger partial charge in [0.05, 0.1) is 5.56 Å². The van der Waals surface area contributed by atoms with E-state index in [1.54, 1.807) is 6.92 Å². The molecule has 0 aromatic carbocycles. The molecule has 0 bridgehead atoms. The molecule has 1 unspecified atom stereocenters. The lowest BCUT2D eigenvalue weighted by atomic mass is 10.2. The number of H-pyrrole nitrogens is 1. The molecule has 0 radical (unpaired) electrons. The highest BCUT2D eigenvalue weighted by Crippen LogP contribution is 2.18. The molecule has 1 rings (SSSR count). The van der Waals surface area contributed by atoms with Crippen LogP contribution in [0, 0.1) is 0 Å². The summed E-state index contributed by atoms with van der Waals surface area (Å²) >= 11 is 0. The zero-order valence-electron chi connectivity index (χ0n) is 11.4. The largest absolute Gasteiger partial charge is 0.494 e. The number of nitrogens with zero attached hydrogens (tertiary/aromatic N) is 2. The molecule has 0 fully saturated rings. The first-order valence-electron chi connectivity index (χ1n) is 6.09. The van der Waals surface area contributed by atoms with Crippen molar-refractivity contribution in [2.75, 3.05) is 20.6 Å². The Morgan fingerprint density at radius 1 is 1.39 bits per heavy atom. The third-order valence-corrected chi connectivity index (χ3v) is 3.00. The molecule has 0 aliphatic carbocycles. The van der Waals surface area contributed by atoms with Gasteiger partial charge in [-0.1, -0.05) is 6.92 Å². The van der Waals surface area contributed by atoms with E-state index in [4.69, 9.17) is 0 Å². The molecule has 1 heterocycles. The number of nitrogens with one attached hydrogen (secondary N) is 1. The fourth-order valence-electron chi connectivity index (χ4n) is 1.88. The molecule has 1 atom stereocenters. The first kappa shape index (κ1) is 14.5. The number of aromatic amines is 1. The van der Waals surface area contributed by atoms with E-state index >= 15 is 0 Å². The number of hydrogen-bond donors (Lipinski definition) is 2. The van der Waals surface area contributed by atoms with Crippen LogP contribution in [0.3, 0.4) is 0 Å². The van der Waals surface area contributed by atoms with Crippen molar-refractivity contribution in [3.8, 4) is 5.88 Å². The molecular weight excluding hydrogens is 234 g/mol. The minimum atomic E-state index is -0.555. The maximum absolute atomic E-state index is 11.7. The smallest absolute Gasteiger partial charge is 0.331 e. The highest BCUT2D eigenvalue weighted by atomic mass is 16.3. The average molecular weight is 255 g/mol. The normalized spacial score (nSPS) is 12.9. The zero-order valence-corrected chi connectivity index (χ0v) is 11.4. The van der Waals surface area contributed by atoms with E-state index < -0.39 is 11.2 Å². The minimum absolute atomic E-state index is 0.165. The molecule has 1 aromatic heterocycles. The van der Waals surface area contributed by atoms with E-state index in [9.17, 15) is 14.7 Å². The molecule has 102 valence electrons. The molecule has 0 amide bonds. The van der Waals surface area contributed by atoms with Crippen molar-refractivity contribution in [2.24, 2.45) is 0 Å². The Bertz CT molecular complexity index is 516. The van der Waals surface area contributed by atoms with Crippen LogP contribution >= 0.6 is 0 Å². The van der Waals surface area contributed by atoms with Crippen LogP contribution < -0.4 is 11.2 Å². The van der Waals surface area contributed by atoms with Crippen molar-refractivity contribution < 1.29 is 5.11 Å². The third-order valence-electron chi connectivity index (χ3n) is 3.00. The van der Waals surface area contributed by atoms with Gasteiger partial charge in [0.2, 0.25) is 5.88 Å². The molecular formula is C12H21N3O3. The predicted octanol–water partition coefficient (Wildman–Crippen LogP) is 0.317. The summed E-state index contributed by atoms with van der Waals surface area (Å²) in [5.41, 5.74) is -0.802. The second kappa shape index (κ2) is 5.86. The molecule has 0 aliphatic heterocycles. The topological polar surface area (TPSA) is 78.3 Å². The lowest BCUT2D eigenvalue weighted by molar-refractivity contribution is 0.319. The average Bonchev–Trinajstić information content (AvgIpc) is 2.26. The molecule has 1 aromatic rings. The van der Waals surface area contributed by atoms with Crippen molar-refractivity contribution in [1.82, 2.24) is 14.5 Å². The van der Waals surface area contributed by atoms with Gasteiger partial charge in [0.15, 0.2) is 0 Å². The highest BCUT2D eigenvalue weighted by Gasteiger charge is 2.16. The Morgan fingerprint density at radius 3 is 2.50 bits per heavy atom. The summed E-state index contributed by atoms with van der Waals surface area (Å²) in [6.07, 6.45) is 1.11.